The Balaban J connectivity index is 1.65. The first-order valence-electron chi connectivity index (χ1n) is 9.62. The first kappa shape index (κ1) is 18.1. The number of fused-ring (bicyclic) bond motifs is 1. The van der Waals surface area contributed by atoms with E-state index in [4.69, 9.17) is 14.2 Å². The van der Waals surface area contributed by atoms with Crippen LogP contribution in [0.3, 0.4) is 0 Å². The van der Waals surface area contributed by atoms with E-state index in [0.29, 0.717) is 29.3 Å². The molecule has 27 heavy (non-hydrogen) atoms. The van der Waals surface area contributed by atoms with Gasteiger partial charge in [0, 0.05) is 25.2 Å². The third kappa shape index (κ3) is 3.04. The second kappa shape index (κ2) is 7.38. The molecule has 3 heterocycles. The van der Waals surface area contributed by atoms with Crippen LogP contribution >= 0.6 is 0 Å². The lowest BCUT2D eigenvalue weighted by molar-refractivity contribution is 0.0874. The van der Waals surface area contributed by atoms with E-state index in [1.54, 1.807) is 27.7 Å². The van der Waals surface area contributed by atoms with Crippen LogP contribution < -0.4 is 19.1 Å². The summed E-state index contributed by atoms with van der Waals surface area (Å²) in [4.78, 5) is 14.0. The average Bonchev–Trinajstić information content (AvgIpc) is 2.66. The summed E-state index contributed by atoms with van der Waals surface area (Å²) in [7, 11) is 4.86. The molecule has 4 rings (SSSR count). The number of hydrogen-bond acceptors (Lipinski definition) is 7. The Labute approximate surface area is 160 Å². The summed E-state index contributed by atoms with van der Waals surface area (Å²) in [6, 6.07) is 3.23. The molecule has 2 aromatic rings. The van der Waals surface area contributed by atoms with E-state index >= 15 is 0 Å². The Kier molecular flexibility index (Phi) is 4.95. The third-order valence-electron chi connectivity index (χ3n) is 5.90. The van der Waals surface area contributed by atoms with Crippen molar-refractivity contribution in [2.24, 2.45) is 0 Å². The van der Waals surface area contributed by atoms with E-state index in [9.17, 15) is 0 Å². The minimum atomic E-state index is 0.556. The lowest BCUT2D eigenvalue weighted by Crippen LogP contribution is -2.62. The zero-order valence-corrected chi connectivity index (χ0v) is 16.6. The fourth-order valence-corrected chi connectivity index (χ4v) is 4.40. The molecule has 0 spiro atoms. The lowest BCUT2D eigenvalue weighted by Gasteiger charge is -2.49. The molecule has 0 bridgehead atoms. The number of methoxy groups -OCH3 is 3. The number of aromatic nitrogens is 2. The van der Waals surface area contributed by atoms with E-state index in [1.165, 1.54) is 25.8 Å². The van der Waals surface area contributed by atoms with E-state index < -0.39 is 0 Å². The molecule has 2 aliphatic rings. The fourth-order valence-electron chi connectivity index (χ4n) is 4.40. The molecular formula is C20H28N4O3. The average molecular weight is 372 g/mol. The van der Waals surface area contributed by atoms with Crippen LogP contribution in [0.5, 0.6) is 17.2 Å². The molecule has 146 valence electrons. The van der Waals surface area contributed by atoms with Gasteiger partial charge in [0.25, 0.3) is 0 Å². The number of nitrogens with zero attached hydrogens (tertiary/aromatic N) is 4. The van der Waals surface area contributed by atoms with Crippen LogP contribution in [-0.2, 0) is 0 Å². The highest BCUT2D eigenvalue weighted by atomic mass is 16.5. The first-order chi connectivity index (χ1) is 13.2. The first-order valence-corrected chi connectivity index (χ1v) is 9.62. The maximum absolute atomic E-state index is 5.59. The molecule has 0 radical (unpaired) electrons. The van der Waals surface area contributed by atoms with Crippen LogP contribution in [0.4, 0.5) is 5.82 Å². The van der Waals surface area contributed by atoms with Crippen LogP contribution in [0.2, 0.25) is 0 Å². The highest BCUT2D eigenvalue weighted by Crippen LogP contribution is 2.45. The summed E-state index contributed by atoms with van der Waals surface area (Å²) in [5.74, 6) is 2.69. The van der Waals surface area contributed by atoms with Gasteiger partial charge >= 0.3 is 0 Å². The van der Waals surface area contributed by atoms with Crippen LogP contribution in [0.1, 0.15) is 26.2 Å². The van der Waals surface area contributed by atoms with Gasteiger partial charge in [0.05, 0.1) is 26.7 Å². The standard InChI is InChI=1S/C20H28N4O3/c1-13-7-5-6-8-24(13)14-10-23(11-14)20-15-9-16(25-2)18(26-3)19(27-4)17(15)21-12-22-20/h9,12-14H,5-8,10-11H2,1-4H3. The summed E-state index contributed by atoms with van der Waals surface area (Å²) in [5, 5.41) is 0.928. The van der Waals surface area contributed by atoms with Gasteiger partial charge in [0.15, 0.2) is 11.5 Å². The Hall–Kier alpha value is -2.28. The number of ether oxygens (including phenoxy) is 3. The molecule has 1 aromatic heterocycles. The second-order valence-corrected chi connectivity index (χ2v) is 7.38. The highest BCUT2D eigenvalue weighted by Gasteiger charge is 2.36. The van der Waals surface area contributed by atoms with Gasteiger partial charge in [-0.1, -0.05) is 6.42 Å². The number of hydrogen-bond donors (Lipinski definition) is 0. The molecule has 0 amide bonds. The van der Waals surface area contributed by atoms with Crippen molar-refractivity contribution < 1.29 is 14.2 Å². The van der Waals surface area contributed by atoms with Crippen molar-refractivity contribution in [3.05, 3.63) is 12.4 Å². The zero-order valence-electron chi connectivity index (χ0n) is 16.6. The van der Waals surface area contributed by atoms with E-state index in [2.05, 4.69) is 26.7 Å². The van der Waals surface area contributed by atoms with Gasteiger partial charge in [-0.05, 0) is 32.4 Å². The summed E-state index contributed by atoms with van der Waals surface area (Å²) in [6.45, 7) is 5.55. The normalized spacial score (nSPS) is 21.2. The van der Waals surface area contributed by atoms with Crippen LogP contribution in [0.15, 0.2) is 12.4 Å². The smallest absolute Gasteiger partial charge is 0.205 e. The Morgan fingerprint density at radius 2 is 1.78 bits per heavy atom. The molecule has 2 fully saturated rings. The van der Waals surface area contributed by atoms with Gasteiger partial charge in [-0.3, -0.25) is 4.90 Å². The number of benzene rings is 1. The number of anilines is 1. The van der Waals surface area contributed by atoms with Crippen molar-refractivity contribution in [1.82, 2.24) is 14.9 Å². The van der Waals surface area contributed by atoms with E-state index in [1.807, 2.05) is 6.07 Å². The van der Waals surface area contributed by atoms with Crippen molar-refractivity contribution >= 4 is 16.7 Å². The topological polar surface area (TPSA) is 60.0 Å². The molecule has 0 aliphatic carbocycles. The zero-order chi connectivity index (χ0) is 19.0. The van der Waals surface area contributed by atoms with Crippen LogP contribution in [0.25, 0.3) is 10.9 Å². The maximum Gasteiger partial charge on any atom is 0.205 e. The number of piperidine rings is 1. The number of likely N-dealkylation sites (tertiary alicyclic amines) is 1. The maximum atomic E-state index is 5.59. The van der Waals surface area contributed by atoms with Crippen molar-refractivity contribution in [1.29, 1.82) is 0 Å². The molecule has 7 heteroatoms. The summed E-state index contributed by atoms with van der Waals surface area (Å²) < 4.78 is 16.6. The molecule has 2 saturated heterocycles. The number of rotatable bonds is 5. The Bertz CT molecular complexity index is 822. The van der Waals surface area contributed by atoms with E-state index in [0.717, 1.165) is 29.8 Å². The van der Waals surface area contributed by atoms with Crippen molar-refractivity contribution in [2.45, 2.75) is 38.3 Å². The lowest BCUT2D eigenvalue weighted by atomic mass is 9.97. The van der Waals surface area contributed by atoms with Crippen LogP contribution in [0, 0.1) is 0 Å². The van der Waals surface area contributed by atoms with Gasteiger partial charge in [-0.15, -0.1) is 0 Å². The van der Waals surface area contributed by atoms with Gasteiger partial charge in [-0.2, -0.15) is 0 Å². The molecule has 0 N–H and O–H groups in total. The van der Waals surface area contributed by atoms with Crippen LogP contribution in [-0.4, -0.2) is 67.9 Å². The van der Waals surface area contributed by atoms with Gasteiger partial charge in [-0.25, -0.2) is 9.97 Å². The minimum absolute atomic E-state index is 0.556. The monoisotopic (exact) mass is 372 g/mol. The fraction of sp³-hybridized carbons (Fsp3) is 0.600. The molecular weight excluding hydrogens is 344 g/mol. The molecule has 1 unspecified atom stereocenters. The minimum Gasteiger partial charge on any atom is -0.493 e. The summed E-state index contributed by atoms with van der Waals surface area (Å²) in [5.41, 5.74) is 0.745. The molecule has 1 aromatic carbocycles. The second-order valence-electron chi connectivity index (χ2n) is 7.38. The summed E-state index contributed by atoms with van der Waals surface area (Å²) >= 11 is 0. The molecule has 7 nitrogen and oxygen atoms in total. The molecule has 2 aliphatic heterocycles. The Morgan fingerprint density at radius 1 is 1.00 bits per heavy atom. The Morgan fingerprint density at radius 3 is 2.44 bits per heavy atom. The highest BCUT2D eigenvalue weighted by molar-refractivity contribution is 5.97. The predicted octanol–water partition coefficient (Wildman–Crippen LogP) is 2.72. The van der Waals surface area contributed by atoms with E-state index in [-0.39, 0.29) is 0 Å². The molecule has 1 atom stereocenters. The quantitative estimate of drug-likeness (QED) is 0.800. The van der Waals surface area contributed by atoms with Crippen molar-refractivity contribution in [3.8, 4) is 17.2 Å². The van der Waals surface area contributed by atoms with Crippen molar-refractivity contribution in [2.75, 3.05) is 45.9 Å². The van der Waals surface area contributed by atoms with Gasteiger partial charge in [0.2, 0.25) is 5.75 Å². The summed E-state index contributed by atoms with van der Waals surface area (Å²) in [6.07, 6.45) is 5.57. The van der Waals surface area contributed by atoms with Gasteiger partial charge in [0.1, 0.15) is 17.7 Å². The largest absolute Gasteiger partial charge is 0.493 e. The third-order valence-corrected chi connectivity index (χ3v) is 5.90. The van der Waals surface area contributed by atoms with Gasteiger partial charge < -0.3 is 19.1 Å². The molecule has 0 saturated carbocycles. The predicted molar refractivity (Wildman–Crippen MR) is 105 cm³/mol. The van der Waals surface area contributed by atoms with Crippen molar-refractivity contribution in [3.63, 3.8) is 0 Å². The SMILES string of the molecule is COc1cc2c(N3CC(N4CCCCC4C)C3)ncnc2c(OC)c1OC.